The molecule has 17 heavy (non-hydrogen) atoms. The minimum absolute atomic E-state index is 0.0929. The van der Waals surface area contributed by atoms with E-state index in [-0.39, 0.29) is 5.25 Å². The normalized spacial score (nSPS) is 15.6. The topological polar surface area (TPSA) is 69.7 Å². The van der Waals surface area contributed by atoms with Crippen LogP contribution in [0.25, 0.3) is 0 Å². The van der Waals surface area contributed by atoms with E-state index in [1.54, 1.807) is 0 Å². The maximum atomic E-state index is 12.7. The fourth-order valence-corrected chi connectivity index (χ4v) is 5.84. The van der Waals surface area contributed by atoms with E-state index in [2.05, 4.69) is 5.32 Å². The van der Waals surface area contributed by atoms with Crippen molar-refractivity contribution in [1.29, 1.82) is 0 Å². The molecule has 1 N–H and O–H groups in total. The number of urea groups is 1. The SMILES string of the molecule is CCC(C)SP(=O)(N(C)C=O)N(C)C(=O)NC. The molecule has 6 nitrogen and oxygen atoms in total. The summed E-state index contributed by atoms with van der Waals surface area (Å²) >= 11 is 1.15. The Hall–Kier alpha value is -0.680. The van der Waals surface area contributed by atoms with Crippen molar-refractivity contribution in [3.05, 3.63) is 0 Å². The zero-order valence-electron chi connectivity index (χ0n) is 10.8. The molecule has 0 spiro atoms. The number of nitrogens with zero attached hydrogens (tertiary/aromatic N) is 2. The molecule has 0 bridgehead atoms. The molecule has 0 saturated heterocycles. The van der Waals surface area contributed by atoms with Crippen LogP contribution in [0, 0.1) is 0 Å². The highest BCUT2D eigenvalue weighted by molar-refractivity contribution is 8.57. The fraction of sp³-hybridized carbons (Fsp3) is 0.778. The van der Waals surface area contributed by atoms with Gasteiger partial charge in [0.2, 0.25) is 6.41 Å². The number of nitrogens with one attached hydrogen (secondary N) is 1. The second-order valence-electron chi connectivity index (χ2n) is 3.57. The molecule has 0 aromatic carbocycles. The molecule has 0 aromatic rings. The van der Waals surface area contributed by atoms with Crippen molar-refractivity contribution < 1.29 is 14.2 Å². The first-order valence-corrected chi connectivity index (χ1v) is 8.36. The third-order valence-electron chi connectivity index (χ3n) is 2.33. The van der Waals surface area contributed by atoms with Crippen LogP contribution in [0.3, 0.4) is 0 Å². The van der Waals surface area contributed by atoms with Crippen molar-refractivity contribution in [3.8, 4) is 0 Å². The standard InChI is InChI=1S/C9H20N3O3PS/c1-6-8(2)17-16(15,11(4)7-13)12(5)9(14)10-3/h7-8H,6H2,1-5H3,(H,10,14). The molecule has 100 valence electrons. The Bertz CT molecular complexity index is 327. The third-order valence-corrected chi connectivity index (χ3v) is 8.54. The lowest BCUT2D eigenvalue weighted by atomic mass is 10.4. The molecule has 8 heteroatoms. The zero-order chi connectivity index (χ0) is 13.6. The molecule has 2 unspecified atom stereocenters. The van der Waals surface area contributed by atoms with Gasteiger partial charge >= 0.3 is 12.7 Å². The van der Waals surface area contributed by atoms with Gasteiger partial charge in [-0.1, -0.05) is 25.2 Å². The van der Waals surface area contributed by atoms with Crippen molar-refractivity contribution in [2.75, 3.05) is 21.1 Å². The van der Waals surface area contributed by atoms with Crippen LogP contribution in [0.1, 0.15) is 20.3 Å². The summed E-state index contributed by atoms with van der Waals surface area (Å²) in [6.45, 7) is 0.628. The van der Waals surface area contributed by atoms with E-state index in [9.17, 15) is 14.2 Å². The molecule has 0 radical (unpaired) electrons. The highest BCUT2D eigenvalue weighted by atomic mass is 32.7. The van der Waals surface area contributed by atoms with E-state index in [1.165, 1.54) is 21.1 Å². The monoisotopic (exact) mass is 281 g/mol. The van der Waals surface area contributed by atoms with Crippen LogP contribution in [0.4, 0.5) is 4.79 Å². The van der Waals surface area contributed by atoms with Gasteiger partial charge in [0.15, 0.2) is 0 Å². The molecule has 0 aliphatic heterocycles. The predicted molar refractivity (Wildman–Crippen MR) is 71.0 cm³/mol. The summed E-state index contributed by atoms with van der Waals surface area (Å²) in [7, 11) is 4.30. The smallest absolute Gasteiger partial charge is 0.324 e. The van der Waals surface area contributed by atoms with Crippen LogP contribution < -0.4 is 5.32 Å². The fourth-order valence-electron chi connectivity index (χ4n) is 1.00. The Kier molecular flexibility index (Phi) is 6.64. The van der Waals surface area contributed by atoms with Crippen molar-refractivity contribution in [2.45, 2.75) is 25.5 Å². The van der Waals surface area contributed by atoms with Gasteiger partial charge in [0.25, 0.3) is 0 Å². The number of hydrogen-bond donors (Lipinski definition) is 1. The van der Waals surface area contributed by atoms with Crippen LogP contribution >= 0.6 is 18.0 Å². The summed E-state index contributed by atoms with van der Waals surface area (Å²) in [6.07, 6.45) is 1.29. The largest absolute Gasteiger partial charge is 0.341 e. The first-order chi connectivity index (χ1) is 7.83. The second kappa shape index (κ2) is 6.91. The number of rotatable bonds is 6. The van der Waals surface area contributed by atoms with Gasteiger partial charge < -0.3 is 5.32 Å². The number of carbonyl (C=O) groups excluding carboxylic acids is 2. The molecule has 0 rings (SSSR count). The molecule has 0 aliphatic carbocycles. The summed E-state index contributed by atoms with van der Waals surface area (Å²) < 4.78 is 14.9. The second-order valence-corrected chi connectivity index (χ2v) is 8.86. The van der Waals surface area contributed by atoms with Crippen LogP contribution in [0.5, 0.6) is 0 Å². The molecule has 0 aromatic heterocycles. The quantitative estimate of drug-likeness (QED) is 0.597. The molecular weight excluding hydrogens is 261 g/mol. The maximum Gasteiger partial charge on any atom is 0.324 e. The molecule has 0 heterocycles. The van der Waals surface area contributed by atoms with Gasteiger partial charge in [-0.25, -0.2) is 4.79 Å². The molecule has 2 atom stereocenters. The first kappa shape index (κ1) is 16.3. The van der Waals surface area contributed by atoms with Gasteiger partial charge in [-0.3, -0.25) is 18.7 Å². The third kappa shape index (κ3) is 3.92. The van der Waals surface area contributed by atoms with Crippen LogP contribution in [0.15, 0.2) is 0 Å². The lowest BCUT2D eigenvalue weighted by Crippen LogP contribution is -2.36. The lowest BCUT2D eigenvalue weighted by molar-refractivity contribution is -0.113. The molecule has 0 saturated carbocycles. The van der Waals surface area contributed by atoms with E-state index in [0.29, 0.717) is 6.41 Å². The average Bonchev–Trinajstić information content (AvgIpc) is 2.35. The minimum Gasteiger partial charge on any atom is -0.341 e. The molecule has 3 amide bonds. The van der Waals surface area contributed by atoms with E-state index >= 15 is 0 Å². The highest BCUT2D eigenvalue weighted by Crippen LogP contribution is 2.64. The van der Waals surface area contributed by atoms with Crippen molar-refractivity contribution in [3.63, 3.8) is 0 Å². The Morgan fingerprint density at radius 2 is 2.06 bits per heavy atom. The first-order valence-electron chi connectivity index (χ1n) is 5.26. The summed E-state index contributed by atoms with van der Waals surface area (Å²) in [5, 5.41) is 2.49. The van der Waals surface area contributed by atoms with Gasteiger partial charge in [0.1, 0.15) is 0 Å². The lowest BCUT2D eigenvalue weighted by Gasteiger charge is -2.33. The Morgan fingerprint density at radius 1 is 1.53 bits per heavy atom. The van der Waals surface area contributed by atoms with Gasteiger partial charge in [0.05, 0.1) is 0 Å². The maximum absolute atomic E-state index is 12.7. The molecular formula is C9H20N3O3PS. The molecule has 0 fully saturated rings. The zero-order valence-corrected chi connectivity index (χ0v) is 12.5. The van der Waals surface area contributed by atoms with E-state index < -0.39 is 12.7 Å². The van der Waals surface area contributed by atoms with Crippen molar-refractivity contribution >= 4 is 30.5 Å². The Labute approximate surface area is 106 Å². The average molecular weight is 281 g/mol. The summed E-state index contributed by atoms with van der Waals surface area (Å²) in [5.41, 5.74) is 0. The number of carbonyl (C=O) groups is 2. The van der Waals surface area contributed by atoms with E-state index in [4.69, 9.17) is 0 Å². The molecule has 0 aliphatic rings. The Morgan fingerprint density at radius 3 is 2.41 bits per heavy atom. The summed E-state index contributed by atoms with van der Waals surface area (Å²) in [5.74, 6) is 0. The van der Waals surface area contributed by atoms with Crippen LogP contribution in [-0.4, -0.2) is 48.2 Å². The minimum atomic E-state index is -3.24. The van der Waals surface area contributed by atoms with E-state index in [1.807, 2.05) is 13.8 Å². The van der Waals surface area contributed by atoms with Crippen LogP contribution in [0.2, 0.25) is 0 Å². The van der Waals surface area contributed by atoms with Gasteiger partial charge in [-0.05, 0) is 6.42 Å². The Balaban J connectivity index is 5.16. The summed E-state index contributed by atoms with van der Waals surface area (Å²) in [4.78, 5) is 22.4. The van der Waals surface area contributed by atoms with E-state index in [0.717, 1.165) is 27.1 Å². The number of hydrogen-bond acceptors (Lipinski definition) is 4. The highest BCUT2D eigenvalue weighted by Gasteiger charge is 2.37. The van der Waals surface area contributed by atoms with Crippen molar-refractivity contribution in [2.24, 2.45) is 0 Å². The summed E-state index contributed by atoms with van der Waals surface area (Å²) in [6, 6.07) is -0.474. The van der Waals surface area contributed by atoms with Gasteiger partial charge in [-0.2, -0.15) is 0 Å². The van der Waals surface area contributed by atoms with Crippen LogP contribution in [-0.2, 0) is 9.36 Å². The van der Waals surface area contributed by atoms with Crippen molar-refractivity contribution in [1.82, 2.24) is 14.7 Å². The number of amides is 3. The predicted octanol–water partition coefficient (Wildman–Crippen LogP) is 1.99. The van der Waals surface area contributed by atoms with Gasteiger partial charge in [-0.15, -0.1) is 0 Å². The van der Waals surface area contributed by atoms with Gasteiger partial charge in [0, 0.05) is 26.4 Å².